The van der Waals surface area contributed by atoms with E-state index in [1.807, 2.05) is 0 Å². The second kappa shape index (κ2) is 6.14. The Hall–Kier alpha value is -1.43. The quantitative estimate of drug-likeness (QED) is 0.767. The van der Waals surface area contributed by atoms with Crippen LogP contribution in [0.15, 0.2) is 24.3 Å². The second-order valence-corrected chi connectivity index (χ2v) is 4.75. The van der Waals surface area contributed by atoms with Crippen molar-refractivity contribution in [2.45, 2.75) is 44.2 Å². The molecule has 2 N–H and O–H groups in total. The molecule has 0 aromatic heterocycles. The molecule has 1 aromatic carbocycles. The summed E-state index contributed by atoms with van der Waals surface area (Å²) in [5, 5.41) is 30.7. The first-order valence-electron chi connectivity index (χ1n) is 6.41. The summed E-state index contributed by atoms with van der Waals surface area (Å²) in [4.78, 5) is 11.0. The number of carboxylic acid groups (broad SMARTS) is 1. The Balaban J connectivity index is 2.11. The Labute approximate surface area is 111 Å². The Bertz CT molecular complexity index is 445. The summed E-state index contributed by atoms with van der Waals surface area (Å²) in [6.45, 7) is 0. The minimum atomic E-state index is -1.37. The van der Waals surface area contributed by atoms with Crippen LogP contribution < -0.4 is 5.11 Å². The van der Waals surface area contributed by atoms with Crippen molar-refractivity contribution in [2.75, 3.05) is 0 Å². The molecule has 0 amide bonds. The van der Waals surface area contributed by atoms with Crippen LogP contribution in [0.2, 0.25) is 0 Å². The van der Waals surface area contributed by atoms with E-state index >= 15 is 0 Å². The molecule has 104 valence electrons. The van der Waals surface area contributed by atoms with Gasteiger partial charge in [-0.25, -0.2) is 0 Å². The van der Waals surface area contributed by atoms with Gasteiger partial charge in [-0.2, -0.15) is 0 Å². The van der Waals surface area contributed by atoms with Crippen LogP contribution in [0.4, 0.5) is 0 Å². The molecule has 0 radical (unpaired) electrons. The lowest BCUT2D eigenvalue weighted by atomic mass is 9.94. The molecule has 0 aliphatic heterocycles. The van der Waals surface area contributed by atoms with Gasteiger partial charge in [-0.3, -0.25) is 0 Å². The highest BCUT2D eigenvalue weighted by molar-refractivity contribution is 5.87. The summed E-state index contributed by atoms with van der Waals surface area (Å²) >= 11 is 0. The van der Waals surface area contributed by atoms with E-state index in [9.17, 15) is 20.1 Å². The first-order valence-corrected chi connectivity index (χ1v) is 6.41. The summed E-state index contributed by atoms with van der Waals surface area (Å²) in [6.07, 6.45) is 0.720. The Morgan fingerprint density at radius 1 is 1.32 bits per heavy atom. The zero-order valence-electron chi connectivity index (χ0n) is 10.5. The molecular weight excluding hydrogens is 248 g/mol. The molecule has 3 atom stereocenters. The standard InChI is InChI=1S/C14H18O5/c15-11-7-3-4-8-12(11)19-14(18)10-6-2-1-5-9(10)13(16)17/h1-2,5-6,11-12,14-15,18H,3-4,7-8H2,(H,16,17)/p-1/t11-,12-,14?/m1/s1. The molecule has 1 aliphatic rings. The van der Waals surface area contributed by atoms with Gasteiger partial charge in [0, 0.05) is 11.1 Å². The molecule has 0 saturated heterocycles. The van der Waals surface area contributed by atoms with Gasteiger partial charge >= 0.3 is 0 Å². The van der Waals surface area contributed by atoms with Gasteiger partial charge in [0.05, 0.1) is 18.2 Å². The fourth-order valence-corrected chi connectivity index (χ4v) is 2.37. The number of aromatic carboxylic acids is 1. The van der Waals surface area contributed by atoms with E-state index in [1.54, 1.807) is 12.1 Å². The Kier molecular flexibility index (Phi) is 4.52. The summed E-state index contributed by atoms with van der Waals surface area (Å²) in [6, 6.07) is 6.00. The lowest BCUT2D eigenvalue weighted by molar-refractivity contribution is -0.255. The third kappa shape index (κ3) is 3.32. The lowest BCUT2D eigenvalue weighted by Gasteiger charge is -2.30. The van der Waals surface area contributed by atoms with E-state index < -0.39 is 24.5 Å². The van der Waals surface area contributed by atoms with E-state index in [0.29, 0.717) is 12.8 Å². The van der Waals surface area contributed by atoms with Gasteiger partial charge in [0.1, 0.15) is 0 Å². The van der Waals surface area contributed by atoms with E-state index in [1.165, 1.54) is 12.1 Å². The van der Waals surface area contributed by atoms with Crippen molar-refractivity contribution in [1.29, 1.82) is 0 Å². The van der Waals surface area contributed by atoms with Crippen molar-refractivity contribution in [3.8, 4) is 0 Å². The van der Waals surface area contributed by atoms with Gasteiger partial charge < -0.3 is 24.9 Å². The van der Waals surface area contributed by atoms with Crippen LogP contribution in [0, 0.1) is 0 Å². The third-order valence-corrected chi connectivity index (χ3v) is 3.42. The van der Waals surface area contributed by atoms with Crippen molar-refractivity contribution in [3.05, 3.63) is 35.4 Å². The molecule has 5 nitrogen and oxygen atoms in total. The Morgan fingerprint density at radius 2 is 2.00 bits per heavy atom. The molecule has 1 saturated carbocycles. The van der Waals surface area contributed by atoms with E-state index in [2.05, 4.69) is 0 Å². The fourth-order valence-electron chi connectivity index (χ4n) is 2.37. The number of aliphatic hydroxyl groups excluding tert-OH is 2. The molecule has 0 heterocycles. The van der Waals surface area contributed by atoms with Crippen molar-refractivity contribution < 1.29 is 24.9 Å². The minimum Gasteiger partial charge on any atom is -0.545 e. The maximum atomic E-state index is 11.0. The highest BCUT2D eigenvalue weighted by atomic mass is 16.6. The van der Waals surface area contributed by atoms with Gasteiger partial charge in [0.15, 0.2) is 6.29 Å². The molecule has 1 aliphatic carbocycles. The van der Waals surface area contributed by atoms with Gasteiger partial charge in [-0.15, -0.1) is 0 Å². The largest absolute Gasteiger partial charge is 0.545 e. The van der Waals surface area contributed by atoms with Gasteiger partial charge in [0.25, 0.3) is 0 Å². The van der Waals surface area contributed by atoms with Crippen LogP contribution in [0.3, 0.4) is 0 Å². The van der Waals surface area contributed by atoms with Crippen molar-refractivity contribution in [2.24, 2.45) is 0 Å². The maximum Gasteiger partial charge on any atom is 0.182 e. The van der Waals surface area contributed by atoms with Crippen molar-refractivity contribution in [1.82, 2.24) is 0 Å². The average molecular weight is 265 g/mol. The monoisotopic (exact) mass is 265 g/mol. The number of rotatable bonds is 4. The first-order chi connectivity index (χ1) is 9.09. The van der Waals surface area contributed by atoms with Crippen LogP contribution in [-0.2, 0) is 4.74 Å². The molecule has 1 fully saturated rings. The van der Waals surface area contributed by atoms with Crippen LogP contribution >= 0.6 is 0 Å². The predicted molar refractivity (Wildman–Crippen MR) is 65.1 cm³/mol. The van der Waals surface area contributed by atoms with E-state index in [0.717, 1.165) is 12.8 Å². The van der Waals surface area contributed by atoms with Gasteiger partial charge in [0.2, 0.25) is 0 Å². The van der Waals surface area contributed by atoms with E-state index in [4.69, 9.17) is 4.74 Å². The molecule has 1 unspecified atom stereocenters. The summed E-state index contributed by atoms with van der Waals surface area (Å²) in [5.74, 6) is -1.36. The number of carbonyl (C=O) groups excluding carboxylic acids is 1. The number of ether oxygens (including phenoxy) is 1. The van der Waals surface area contributed by atoms with Crippen molar-refractivity contribution in [3.63, 3.8) is 0 Å². The molecule has 0 spiro atoms. The predicted octanol–water partition coefficient (Wildman–Crippen LogP) is 0.361. The number of aliphatic hydroxyl groups is 2. The van der Waals surface area contributed by atoms with Gasteiger partial charge in [-0.05, 0) is 12.8 Å². The molecular formula is C14H17O5-. The number of carboxylic acids is 1. The molecule has 2 rings (SSSR count). The van der Waals surface area contributed by atoms with Gasteiger partial charge in [-0.1, -0.05) is 37.1 Å². The minimum absolute atomic E-state index is 0.0969. The SMILES string of the molecule is O=C([O-])c1ccccc1C(O)O[C@@H]1CCCC[C@H]1O. The summed E-state index contributed by atoms with van der Waals surface area (Å²) in [7, 11) is 0. The van der Waals surface area contributed by atoms with Crippen molar-refractivity contribution >= 4 is 5.97 Å². The number of benzene rings is 1. The number of hydrogen-bond donors (Lipinski definition) is 2. The lowest BCUT2D eigenvalue weighted by Crippen LogP contribution is -2.34. The average Bonchev–Trinajstić information content (AvgIpc) is 2.41. The van der Waals surface area contributed by atoms with Crippen LogP contribution in [0.1, 0.15) is 47.9 Å². The molecule has 1 aromatic rings. The fraction of sp³-hybridized carbons (Fsp3) is 0.500. The van der Waals surface area contributed by atoms with Crippen LogP contribution in [0.5, 0.6) is 0 Å². The summed E-state index contributed by atoms with van der Waals surface area (Å²) < 4.78 is 5.39. The summed E-state index contributed by atoms with van der Waals surface area (Å²) in [5.41, 5.74) is 0.0561. The first kappa shape index (κ1) is 14.0. The highest BCUT2D eigenvalue weighted by Crippen LogP contribution is 2.27. The zero-order valence-corrected chi connectivity index (χ0v) is 10.5. The normalized spacial score (nSPS) is 24.9. The van der Waals surface area contributed by atoms with Crippen LogP contribution in [0.25, 0.3) is 0 Å². The number of hydrogen-bond acceptors (Lipinski definition) is 5. The highest BCUT2D eigenvalue weighted by Gasteiger charge is 2.27. The number of carbonyl (C=O) groups is 1. The molecule has 19 heavy (non-hydrogen) atoms. The molecule has 5 heteroatoms. The smallest absolute Gasteiger partial charge is 0.182 e. The third-order valence-electron chi connectivity index (χ3n) is 3.42. The van der Waals surface area contributed by atoms with Crippen LogP contribution in [-0.4, -0.2) is 28.4 Å². The zero-order chi connectivity index (χ0) is 13.8. The Morgan fingerprint density at radius 3 is 2.68 bits per heavy atom. The second-order valence-electron chi connectivity index (χ2n) is 4.75. The molecule has 0 bridgehead atoms. The topological polar surface area (TPSA) is 89.8 Å². The van der Waals surface area contributed by atoms with E-state index in [-0.39, 0.29) is 11.1 Å². The maximum absolute atomic E-state index is 11.0.